The van der Waals surface area contributed by atoms with Crippen molar-refractivity contribution >= 4 is 35.2 Å². The number of alkyl halides is 3. The van der Waals surface area contributed by atoms with Gasteiger partial charge in [0.05, 0.1) is 11.3 Å². The minimum absolute atomic E-state index is 0.209. The van der Waals surface area contributed by atoms with E-state index in [2.05, 4.69) is 46.9 Å². The number of rotatable bonds is 7. The Balaban J connectivity index is 0.000000261. The molecule has 0 bridgehead atoms. The van der Waals surface area contributed by atoms with Gasteiger partial charge in [0.2, 0.25) is 0 Å². The number of halogens is 3. The van der Waals surface area contributed by atoms with Crippen molar-refractivity contribution in [3.8, 4) is 5.75 Å². The fraction of sp³-hybridized carbons (Fsp3) is 0.267. The van der Waals surface area contributed by atoms with Crippen LogP contribution >= 0.6 is 12.6 Å². The second-order valence-electron chi connectivity index (χ2n) is 9.75. The summed E-state index contributed by atoms with van der Waals surface area (Å²) in [6, 6.07) is 20.8. The number of nitrogens with zero attached hydrogens (tertiary/aromatic N) is 1. The first-order valence-electron chi connectivity index (χ1n) is 12.7. The molecule has 4 aromatic rings. The number of carbonyl (C=O) groups is 1. The van der Waals surface area contributed by atoms with Crippen LogP contribution in [0.15, 0.2) is 77.7 Å². The van der Waals surface area contributed by atoms with Crippen molar-refractivity contribution in [1.29, 1.82) is 0 Å². The first-order chi connectivity index (χ1) is 18.7. The van der Waals surface area contributed by atoms with Crippen LogP contribution in [0.5, 0.6) is 5.75 Å². The molecule has 9 heteroatoms. The van der Waals surface area contributed by atoms with E-state index in [1.807, 2.05) is 0 Å². The van der Waals surface area contributed by atoms with Gasteiger partial charge < -0.3 is 15.2 Å². The molecule has 1 aromatic heterocycles. The second kappa shape index (κ2) is 11.2. The maximum absolute atomic E-state index is 12.3. The number of pyridine rings is 1. The number of hydrogen-bond acceptors (Lipinski definition) is 5. The van der Waals surface area contributed by atoms with Crippen LogP contribution in [-0.2, 0) is 6.54 Å². The maximum atomic E-state index is 12.3. The van der Waals surface area contributed by atoms with E-state index in [1.54, 1.807) is 24.3 Å². The predicted molar refractivity (Wildman–Crippen MR) is 147 cm³/mol. The molecule has 2 aliphatic carbocycles. The average molecular weight is 553 g/mol. The topological polar surface area (TPSA) is 71.5 Å². The molecule has 2 N–H and O–H groups in total. The van der Waals surface area contributed by atoms with Gasteiger partial charge in [-0.1, -0.05) is 36.4 Å². The minimum Gasteiger partial charge on any atom is -0.478 e. The van der Waals surface area contributed by atoms with E-state index >= 15 is 0 Å². The van der Waals surface area contributed by atoms with Crippen molar-refractivity contribution in [3.63, 3.8) is 0 Å². The summed E-state index contributed by atoms with van der Waals surface area (Å²) in [5, 5.41) is 14.5. The lowest BCUT2D eigenvalue weighted by molar-refractivity contribution is -0.274. The Morgan fingerprint density at radius 2 is 1.54 bits per heavy atom. The zero-order valence-electron chi connectivity index (χ0n) is 20.9. The molecule has 6 rings (SSSR count). The number of aromatic carboxylic acids is 1. The summed E-state index contributed by atoms with van der Waals surface area (Å²) in [6.45, 7) is 0.501. The maximum Gasteiger partial charge on any atom is 0.573 e. The van der Waals surface area contributed by atoms with Gasteiger partial charge in [-0.25, -0.2) is 9.78 Å². The standard InChI is InChI=1S/C23H21F3N2O.C7H6O2S/c24-23(25,26)29-17-11-5-14(6-12-17)13-27-22-20(15-7-8-15)18-3-1-2-4-19(18)21(28-22)16-9-10-16;8-7(9)5-1-3-6(10)4-2-5/h1-6,11-12,15-16H,7-10,13H2,(H,27,28);1-4,10H,(H,8,9). The van der Waals surface area contributed by atoms with Crippen molar-refractivity contribution in [2.24, 2.45) is 0 Å². The quantitative estimate of drug-likeness (QED) is 0.202. The number of benzene rings is 3. The monoisotopic (exact) mass is 552 g/mol. The fourth-order valence-electron chi connectivity index (χ4n) is 4.50. The first kappa shape index (κ1) is 26.9. The third-order valence-electron chi connectivity index (χ3n) is 6.66. The van der Waals surface area contributed by atoms with Crippen molar-refractivity contribution < 1.29 is 27.8 Å². The third-order valence-corrected chi connectivity index (χ3v) is 6.96. The van der Waals surface area contributed by atoms with Gasteiger partial charge >= 0.3 is 12.3 Å². The zero-order chi connectivity index (χ0) is 27.6. The molecule has 3 aromatic carbocycles. The zero-order valence-corrected chi connectivity index (χ0v) is 21.8. The lowest BCUT2D eigenvalue weighted by Gasteiger charge is -2.17. The Labute approximate surface area is 229 Å². The van der Waals surface area contributed by atoms with E-state index in [4.69, 9.17) is 10.1 Å². The second-order valence-corrected chi connectivity index (χ2v) is 10.3. The van der Waals surface area contributed by atoms with E-state index < -0.39 is 12.3 Å². The van der Waals surface area contributed by atoms with E-state index in [9.17, 15) is 18.0 Å². The summed E-state index contributed by atoms with van der Waals surface area (Å²) in [5.74, 6) is 0.870. The normalized spacial score (nSPS) is 14.9. The SMILES string of the molecule is FC(F)(F)Oc1ccc(CNc2nc(C3CC3)c3ccccc3c2C2CC2)cc1.O=C(O)c1ccc(S)cc1. The Hall–Kier alpha value is -3.72. The van der Waals surface area contributed by atoms with Gasteiger partial charge in [-0.2, -0.15) is 0 Å². The highest BCUT2D eigenvalue weighted by atomic mass is 32.1. The summed E-state index contributed by atoms with van der Waals surface area (Å²) in [7, 11) is 0. The molecule has 0 spiro atoms. The molecule has 5 nitrogen and oxygen atoms in total. The van der Waals surface area contributed by atoms with E-state index in [1.165, 1.54) is 72.0 Å². The number of hydrogen-bond donors (Lipinski definition) is 3. The minimum atomic E-state index is -4.67. The molecule has 39 heavy (non-hydrogen) atoms. The third kappa shape index (κ3) is 7.03. The number of carboxylic acids is 1. The van der Waals surface area contributed by atoms with Crippen LogP contribution in [0.25, 0.3) is 10.8 Å². The number of fused-ring (bicyclic) bond motifs is 1. The van der Waals surface area contributed by atoms with Crippen molar-refractivity contribution in [1.82, 2.24) is 4.98 Å². The molecule has 0 amide bonds. The van der Waals surface area contributed by atoms with Gasteiger partial charge in [-0.15, -0.1) is 25.8 Å². The number of nitrogens with one attached hydrogen (secondary N) is 1. The van der Waals surface area contributed by atoms with Crippen LogP contribution in [-0.4, -0.2) is 22.4 Å². The van der Waals surface area contributed by atoms with Crippen molar-refractivity contribution in [3.05, 3.63) is 95.2 Å². The lowest BCUT2D eigenvalue weighted by Crippen LogP contribution is -2.17. The lowest BCUT2D eigenvalue weighted by atomic mass is 9.99. The summed E-state index contributed by atoms with van der Waals surface area (Å²) in [4.78, 5) is 16.1. The highest BCUT2D eigenvalue weighted by molar-refractivity contribution is 7.80. The van der Waals surface area contributed by atoms with Crippen LogP contribution in [0.2, 0.25) is 0 Å². The molecule has 0 saturated heterocycles. The van der Waals surface area contributed by atoms with E-state index in [0.29, 0.717) is 18.4 Å². The smallest absolute Gasteiger partial charge is 0.478 e. The molecule has 2 aliphatic rings. The molecular formula is C30H27F3N2O3S. The number of carboxylic acid groups (broad SMARTS) is 1. The van der Waals surface area contributed by atoms with Gasteiger partial charge in [0, 0.05) is 28.3 Å². The molecule has 2 fully saturated rings. The van der Waals surface area contributed by atoms with Crippen LogP contribution in [0.1, 0.15) is 64.7 Å². The van der Waals surface area contributed by atoms with Gasteiger partial charge in [-0.3, -0.25) is 0 Å². The fourth-order valence-corrected chi connectivity index (χ4v) is 4.65. The summed E-state index contributed by atoms with van der Waals surface area (Å²) < 4.78 is 40.9. The molecule has 0 aliphatic heterocycles. The number of anilines is 1. The van der Waals surface area contributed by atoms with Gasteiger partial charge in [0.25, 0.3) is 0 Å². The Bertz CT molecular complexity index is 1470. The van der Waals surface area contributed by atoms with Crippen LogP contribution in [0.3, 0.4) is 0 Å². The molecule has 0 unspecified atom stereocenters. The predicted octanol–water partition coefficient (Wildman–Crippen LogP) is 8.17. The van der Waals surface area contributed by atoms with Gasteiger partial charge in [0.1, 0.15) is 11.6 Å². The molecule has 0 radical (unpaired) electrons. The Kier molecular flexibility index (Phi) is 7.70. The highest BCUT2D eigenvalue weighted by Gasteiger charge is 2.33. The number of ether oxygens (including phenoxy) is 1. The first-order valence-corrected chi connectivity index (χ1v) is 13.2. The van der Waals surface area contributed by atoms with Gasteiger partial charge in [0.15, 0.2) is 0 Å². The molecular weight excluding hydrogens is 525 g/mol. The van der Waals surface area contributed by atoms with Crippen molar-refractivity contribution in [2.75, 3.05) is 5.32 Å². The molecule has 1 heterocycles. The van der Waals surface area contributed by atoms with Crippen LogP contribution in [0.4, 0.5) is 19.0 Å². The summed E-state index contributed by atoms with van der Waals surface area (Å²) in [6.07, 6.45) is 0.0339. The van der Waals surface area contributed by atoms with Crippen molar-refractivity contribution in [2.45, 2.75) is 55.3 Å². The molecule has 0 atom stereocenters. The summed E-state index contributed by atoms with van der Waals surface area (Å²) in [5.41, 5.74) is 3.62. The van der Waals surface area contributed by atoms with E-state index in [0.717, 1.165) is 16.3 Å². The van der Waals surface area contributed by atoms with E-state index in [-0.39, 0.29) is 11.3 Å². The number of thiol groups is 1. The van der Waals surface area contributed by atoms with Crippen LogP contribution in [0, 0.1) is 0 Å². The largest absolute Gasteiger partial charge is 0.573 e. The summed E-state index contributed by atoms with van der Waals surface area (Å²) >= 11 is 4.01. The highest BCUT2D eigenvalue weighted by Crippen LogP contribution is 2.49. The molecule has 2 saturated carbocycles. The molecule has 202 valence electrons. The Morgan fingerprint density at radius 1 is 0.923 bits per heavy atom. The number of aromatic nitrogens is 1. The Morgan fingerprint density at radius 3 is 2.10 bits per heavy atom. The van der Waals surface area contributed by atoms with Gasteiger partial charge in [-0.05, 0) is 78.9 Å². The average Bonchev–Trinajstić information content (AvgIpc) is 3.81. The van der Waals surface area contributed by atoms with Crippen LogP contribution < -0.4 is 10.1 Å².